The van der Waals surface area contributed by atoms with Crippen molar-refractivity contribution >= 4 is 40.3 Å². The van der Waals surface area contributed by atoms with Crippen molar-refractivity contribution in [2.24, 2.45) is 4.99 Å². The zero-order chi connectivity index (χ0) is 24.1. The molecule has 4 rings (SSSR count). The highest BCUT2D eigenvalue weighted by atomic mass is 32.2. The van der Waals surface area contributed by atoms with Crippen LogP contribution < -0.4 is 14.4 Å². The Morgan fingerprint density at radius 3 is 2.06 bits per heavy atom. The van der Waals surface area contributed by atoms with Gasteiger partial charge in [0, 0.05) is 0 Å². The number of anilines is 1. The molecule has 0 saturated carbocycles. The van der Waals surface area contributed by atoms with Gasteiger partial charge in [-0.1, -0.05) is 44.2 Å². The molecule has 1 heterocycles. The Bertz CT molecular complexity index is 1230. The highest BCUT2D eigenvalue weighted by Gasteiger charge is 2.34. The molecule has 1 fully saturated rings. The Kier molecular flexibility index (Phi) is 7.38. The quantitative estimate of drug-likeness (QED) is 0.362. The van der Waals surface area contributed by atoms with Gasteiger partial charge >= 0.3 is 0 Å². The highest BCUT2D eigenvalue weighted by molar-refractivity contribution is 8.19. The molecule has 0 N–H and O–H groups in total. The van der Waals surface area contributed by atoms with Gasteiger partial charge in [-0.25, -0.2) is 4.99 Å². The minimum atomic E-state index is -0.104. The van der Waals surface area contributed by atoms with E-state index in [0.717, 1.165) is 29.8 Å². The second-order valence-electron chi connectivity index (χ2n) is 7.80. The molecule has 1 aliphatic rings. The third-order valence-corrected chi connectivity index (χ3v) is 6.65. The smallest absolute Gasteiger partial charge is 0.271 e. The summed E-state index contributed by atoms with van der Waals surface area (Å²) in [6, 6.07) is 21.8. The number of nitrogens with zero attached hydrogens (tertiary/aromatic N) is 2. The van der Waals surface area contributed by atoms with Gasteiger partial charge in [-0.15, -0.1) is 0 Å². The summed E-state index contributed by atoms with van der Waals surface area (Å²) >= 11 is 1.37. The van der Waals surface area contributed by atoms with Crippen molar-refractivity contribution in [3.63, 3.8) is 0 Å². The summed E-state index contributed by atoms with van der Waals surface area (Å²) in [4.78, 5) is 20.7. The molecule has 0 radical (unpaired) electrons. The molecule has 5 nitrogen and oxygen atoms in total. The number of aryl methyl sites for hydroxylation is 2. The van der Waals surface area contributed by atoms with Crippen LogP contribution in [0.15, 0.2) is 76.6 Å². The molecular weight excluding hydrogens is 444 g/mol. The van der Waals surface area contributed by atoms with Gasteiger partial charge in [-0.3, -0.25) is 9.69 Å². The van der Waals surface area contributed by atoms with E-state index in [2.05, 4.69) is 38.1 Å². The summed E-state index contributed by atoms with van der Waals surface area (Å²) in [5, 5.41) is 0.630. The first-order valence-electron chi connectivity index (χ1n) is 11.3. The minimum absolute atomic E-state index is 0.104. The number of ether oxygens (including phenoxy) is 2. The van der Waals surface area contributed by atoms with Gasteiger partial charge in [0.1, 0.15) is 0 Å². The monoisotopic (exact) mass is 472 g/mol. The maximum atomic E-state index is 13.5. The molecule has 0 bridgehead atoms. The zero-order valence-corrected chi connectivity index (χ0v) is 20.7. The molecule has 0 unspecified atom stereocenters. The molecule has 1 saturated heterocycles. The topological polar surface area (TPSA) is 51.1 Å². The number of rotatable bonds is 7. The van der Waals surface area contributed by atoms with Crippen molar-refractivity contribution in [3.8, 4) is 11.5 Å². The van der Waals surface area contributed by atoms with Gasteiger partial charge < -0.3 is 9.47 Å². The van der Waals surface area contributed by atoms with E-state index >= 15 is 0 Å². The predicted molar refractivity (Wildman–Crippen MR) is 141 cm³/mol. The van der Waals surface area contributed by atoms with Crippen molar-refractivity contribution < 1.29 is 14.3 Å². The van der Waals surface area contributed by atoms with Crippen LogP contribution in [0.1, 0.15) is 30.5 Å². The first-order chi connectivity index (χ1) is 16.6. The van der Waals surface area contributed by atoms with Crippen LogP contribution in [0, 0.1) is 0 Å². The van der Waals surface area contributed by atoms with E-state index in [9.17, 15) is 4.79 Å². The van der Waals surface area contributed by atoms with Crippen LogP contribution in [-0.2, 0) is 17.6 Å². The molecule has 1 amide bonds. The summed E-state index contributed by atoms with van der Waals surface area (Å²) in [5.74, 6) is 1.16. The second-order valence-corrected chi connectivity index (χ2v) is 8.81. The fourth-order valence-electron chi connectivity index (χ4n) is 3.67. The van der Waals surface area contributed by atoms with E-state index < -0.39 is 0 Å². The van der Waals surface area contributed by atoms with Crippen molar-refractivity contribution in [2.45, 2.75) is 26.7 Å². The number of methoxy groups -OCH3 is 2. The fraction of sp³-hybridized carbons (Fsp3) is 0.214. The maximum absolute atomic E-state index is 13.5. The van der Waals surface area contributed by atoms with Crippen molar-refractivity contribution in [3.05, 3.63) is 88.3 Å². The van der Waals surface area contributed by atoms with Crippen LogP contribution in [-0.4, -0.2) is 25.3 Å². The molecular formula is C28H28N2O3S. The summed E-state index contributed by atoms with van der Waals surface area (Å²) in [7, 11) is 3.20. The van der Waals surface area contributed by atoms with Gasteiger partial charge in [0.25, 0.3) is 5.91 Å². The van der Waals surface area contributed by atoms with Crippen LogP contribution in [0.25, 0.3) is 6.08 Å². The molecule has 0 spiro atoms. The number of amides is 1. The average Bonchev–Trinajstić information content (AvgIpc) is 3.18. The Balaban J connectivity index is 1.74. The Labute approximate surface area is 205 Å². The van der Waals surface area contributed by atoms with E-state index in [0.29, 0.717) is 21.6 Å². The number of amidine groups is 1. The van der Waals surface area contributed by atoms with Gasteiger partial charge in [0.15, 0.2) is 16.7 Å². The van der Waals surface area contributed by atoms with Crippen LogP contribution >= 0.6 is 11.8 Å². The lowest BCUT2D eigenvalue weighted by Gasteiger charge is -2.16. The SMILES string of the molecule is CCc1ccc(N=C2S/C(=C\c3ccc(OC)c(OC)c3)C(=O)N2c2ccc(CC)cc2)cc1. The normalized spacial score (nSPS) is 15.9. The first-order valence-corrected chi connectivity index (χ1v) is 12.1. The zero-order valence-electron chi connectivity index (χ0n) is 19.9. The van der Waals surface area contributed by atoms with E-state index in [4.69, 9.17) is 14.5 Å². The summed E-state index contributed by atoms with van der Waals surface area (Å²) in [6.45, 7) is 4.24. The number of carbonyl (C=O) groups excluding carboxylic acids is 1. The van der Waals surface area contributed by atoms with Crippen LogP contribution in [0.4, 0.5) is 11.4 Å². The second kappa shape index (κ2) is 10.6. The van der Waals surface area contributed by atoms with Crippen molar-refractivity contribution in [2.75, 3.05) is 19.1 Å². The molecule has 0 aliphatic carbocycles. The molecule has 174 valence electrons. The molecule has 3 aromatic carbocycles. The van der Waals surface area contributed by atoms with Gasteiger partial charge in [0.05, 0.1) is 30.5 Å². The number of thioether (sulfide) groups is 1. The molecule has 1 aliphatic heterocycles. The highest BCUT2D eigenvalue weighted by Crippen LogP contribution is 2.38. The van der Waals surface area contributed by atoms with Gasteiger partial charge in [-0.05, 0) is 83.8 Å². The van der Waals surface area contributed by atoms with Crippen molar-refractivity contribution in [1.82, 2.24) is 0 Å². The molecule has 0 atom stereocenters. The Morgan fingerprint density at radius 2 is 1.47 bits per heavy atom. The minimum Gasteiger partial charge on any atom is -0.493 e. The lowest BCUT2D eigenvalue weighted by Crippen LogP contribution is -2.28. The lowest BCUT2D eigenvalue weighted by atomic mass is 10.1. The van der Waals surface area contributed by atoms with Crippen LogP contribution in [0.5, 0.6) is 11.5 Å². The predicted octanol–water partition coefficient (Wildman–Crippen LogP) is 6.64. The number of aliphatic imine (C=N–C) groups is 1. The maximum Gasteiger partial charge on any atom is 0.271 e. The van der Waals surface area contributed by atoms with E-state index in [1.165, 1.54) is 22.9 Å². The number of carbonyl (C=O) groups is 1. The van der Waals surface area contributed by atoms with Crippen molar-refractivity contribution in [1.29, 1.82) is 0 Å². The van der Waals surface area contributed by atoms with Crippen LogP contribution in [0.3, 0.4) is 0 Å². The molecule has 0 aromatic heterocycles. The third-order valence-electron chi connectivity index (χ3n) is 5.68. The molecule has 3 aromatic rings. The molecule has 34 heavy (non-hydrogen) atoms. The largest absolute Gasteiger partial charge is 0.493 e. The van der Waals surface area contributed by atoms with Gasteiger partial charge in [0.2, 0.25) is 0 Å². The van der Waals surface area contributed by atoms with E-state index in [-0.39, 0.29) is 5.91 Å². The number of hydrogen-bond acceptors (Lipinski definition) is 5. The number of benzene rings is 3. The Hall–Kier alpha value is -3.51. The van der Waals surface area contributed by atoms with Gasteiger partial charge in [-0.2, -0.15) is 0 Å². The Morgan fingerprint density at radius 1 is 0.853 bits per heavy atom. The molecule has 6 heteroatoms. The lowest BCUT2D eigenvalue weighted by molar-refractivity contribution is -0.113. The van der Waals surface area contributed by atoms with E-state index in [1.54, 1.807) is 19.1 Å². The third kappa shape index (κ3) is 5.02. The summed E-state index contributed by atoms with van der Waals surface area (Å²) in [5.41, 5.74) is 4.94. The fourth-order valence-corrected chi connectivity index (χ4v) is 4.67. The first kappa shape index (κ1) is 23.6. The summed E-state index contributed by atoms with van der Waals surface area (Å²) in [6.07, 6.45) is 3.78. The van der Waals surface area contributed by atoms with E-state index in [1.807, 2.05) is 48.5 Å². The number of hydrogen-bond donors (Lipinski definition) is 0. The summed E-state index contributed by atoms with van der Waals surface area (Å²) < 4.78 is 10.8. The average molecular weight is 473 g/mol. The standard InChI is InChI=1S/C28H28N2O3S/c1-5-19-7-12-22(13-8-19)29-28-30(23-14-9-20(6-2)10-15-23)27(31)26(34-28)18-21-11-16-24(32-3)25(17-21)33-4/h7-18H,5-6H2,1-4H3/b26-18-,29-28?. The van der Waals surface area contributed by atoms with Crippen LogP contribution in [0.2, 0.25) is 0 Å².